The van der Waals surface area contributed by atoms with Crippen LogP contribution in [0.3, 0.4) is 0 Å². The number of ketones is 1. The number of aromatic nitrogens is 1. The molecule has 0 radical (unpaired) electrons. The van der Waals surface area contributed by atoms with Gasteiger partial charge >= 0.3 is 0 Å². The van der Waals surface area contributed by atoms with Crippen molar-refractivity contribution < 1.29 is 28.7 Å². The molecule has 2 aliphatic heterocycles. The Kier molecular flexibility index (Phi) is 7.92. The molecular weight excluding hydrogens is 538 g/mol. The summed E-state index contributed by atoms with van der Waals surface area (Å²) < 4.78 is 5.45. The third-order valence-corrected chi connectivity index (χ3v) is 9.47. The molecule has 2 aliphatic carbocycles. The fourth-order valence-corrected chi connectivity index (χ4v) is 7.07. The summed E-state index contributed by atoms with van der Waals surface area (Å²) in [6, 6.07) is 5.47. The van der Waals surface area contributed by atoms with Crippen LogP contribution in [0.5, 0.6) is 5.75 Å². The van der Waals surface area contributed by atoms with Gasteiger partial charge in [-0.2, -0.15) is 0 Å². The Morgan fingerprint density at radius 3 is 2.69 bits per heavy atom. The van der Waals surface area contributed by atoms with Gasteiger partial charge in [0.25, 0.3) is 11.8 Å². The van der Waals surface area contributed by atoms with E-state index >= 15 is 0 Å². The normalized spacial score (nSPS) is 25.9. The monoisotopic (exact) mass is 577 g/mol. The maximum atomic E-state index is 14.0. The molecule has 4 aliphatic rings. The minimum absolute atomic E-state index is 0.000880. The number of carbonyl (C=O) groups excluding carboxylic acids is 5. The number of amides is 4. The molecule has 11 nitrogen and oxygen atoms in total. The van der Waals surface area contributed by atoms with Crippen LogP contribution in [-0.4, -0.2) is 77.6 Å². The molecule has 1 aromatic heterocycles. The van der Waals surface area contributed by atoms with Crippen LogP contribution in [0.15, 0.2) is 24.3 Å². The average Bonchev–Trinajstić information content (AvgIpc) is 3.35. The second kappa shape index (κ2) is 11.8. The summed E-state index contributed by atoms with van der Waals surface area (Å²) in [6.07, 6.45) is 6.52. The van der Waals surface area contributed by atoms with Crippen LogP contribution in [0.1, 0.15) is 68.3 Å². The number of carbonyl (C=O) groups is 5. The average molecular weight is 578 g/mol. The molecule has 4 N–H and O–H groups in total. The lowest BCUT2D eigenvalue weighted by Crippen LogP contribution is -2.55. The summed E-state index contributed by atoms with van der Waals surface area (Å²) in [5.74, 6) is -1.61. The number of hydrogen-bond donors (Lipinski definition) is 4. The zero-order valence-corrected chi connectivity index (χ0v) is 23.9. The second-order valence-electron chi connectivity index (χ2n) is 12.2. The number of nitrogens with zero attached hydrogens (tertiary/aromatic N) is 1. The number of benzene rings is 1. The van der Waals surface area contributed by atoms with Crippen molar-refractivity contribution in [1.29, 1.82) is 0 Å². The number of aromatic amines is 1. The third kappa shape index (κ3) is 5.61. The highest BCUT2D eigenvalue weighted by Gasteiger charge is 2.50. The minimum atomic E-state index is -1.07. The predicted molar refractivity (Wildman–Crippen MR) is 154 cm³/mol. The molecule has 0 bridgehead atoms. The summed E-state index contributed by atoms with van der Waals surface area (Å²) in [4.78, 5) is 71.1. The van der Waals surface area contributed by atoms with Crippen LogP contribution >= 0.6 is 0 Å². The predicted octanol–water partition coefficient (Wildman–Crippen LogP) is 2.06. The molecule has 4 fully saturated rings. The molecule has 2 saturated carbocycles. The maximum absolute atomic E-state index is 14.0. The van der Waals surface area contributed by atoms with Gasteiger partial charge in [0.05, 0.1) is 13.2 Å². The van der Waals surface area contributed by atoms with E-state index in [1.54, 1.807) is 18.1 Å². The number of hydrogen-bond acceptors (Lipinski definition) is 6. The Hall–Kier alpha value is -3.89. The van der Waals surface area contributed by atoms with Crippen LogP contribution in [0.2, 0.25) is 0 Å². The van der Waals surface area contributed by atoms with Gasteiger partial charge in [0.1, 0.15) is 17.5 Å². The van der Waals surface area contributed by atoms with Gasteiger partial charge in [0, 0.05) is 36.0 Å². The van der Waals surface area contributed by atoms with Crippen LogP contribution in [0, 0.1) is 17.8 Å². The molecule has 0 spiro atoms. The van der Waals surface area contributed by atoms with E-state index in [1.807, 2.05) is 18.2 Å². The van der Waals surface area contributed by atoms with Crippen LogP contribution in [-0.2, 0) is 19.2 Å². The Morgan fingerprint density at radius 1 is 1.10 bits per heavy atom. The van der Waals surface area contributed by atoms with E-state index in [1.165, 1.54) is 0 Å². The van der Waals surface area contributed by atoms with Gasteiger partial charge in [0.2, 0.25) is 17.6 Å². The first-order chi connectivity index (χ1) is 20.3. The molecule has 0 unspecified atom stereocenters. The van der Waals surface area contributed by atoms with E-state index < -0.39 is 29.7 Å². The van der Waals surface area contributed by atoms with Crippen molar-refractivity contribution in [1.82, 2.24) is 25.8 Å². The quantitative estimate of drug-likeness (QED) is 0.318. The van der Waals surface area contributed by atoms with Crippen LogP contribution in [0.4, 0.5) is 0 Å². The molecule has 3 heterocycles. The van der Waals surface area contributed by atoms with Gasteiger partial charge < -0.3 is 30.6 Å². The van der Waals surface area contributed by atoms with Gasteiger partial charge in [-0.25, -0.2) is 0 Å². The van der Waals surface area contributed by atoms with Gasteiger partial charge in [-0.05, 0) is 81.4 Å². The summed E-state index contributed by atoms with van der Waals surface area (Å²) in [5, 5.41) is 9.25. The number of H-pyrrole nitrogens is 1. The Morgan fingerprint density at radius 2 is 1.93 bits per heavy atom. The van der Waals surface area contributed by atoms with E-state index in [2.05, 4.69) is 20.9 Å². The Bertz CT molecular complexity index is 1400. The van der Waals surface area contributed by atoms with E-state index in [0.29, 0.717) is 37.4 Å². The molecule has 2 saturated heterocycles. The highest BCUT2D eigenvalue weighted by molar-refractivity contribution is 6.38. The fraction of sp³-hybridized carbons (Fsp3) is 0.581. The van der Waals surface area contributed by atoms with Crippen LogP contribution < -0.4 is 20.7 Å². The first-order valence-electron chi connectivity index (χ1n) is 15.2. The highest BCUT2D eigenvalue weighted by atomic mass is 16.5. The number of methoxy groups -OCH3 is 1. The van der Waals surface area contributed by atoms with Crippen molar-refractivity contribution in [3.05, 3.63) is 30.0 Å². The van der Waals surface area contributed by atoms with Gasteiger partial charge in [-0.1, -0.05) is 12.5 Å². The summed E-state index contributed by atoms with van der Waals surface area (Å²) in [7, 11) is 1.58. The standard InChI is InChI=1S/C31H39N5O6/c1-42-25-9-3-8-22-21(25)15-24(34-22)31(41)36-16-18-5-2-7-20(18)26(36)29(39)35-23(27(37)30(40)33-19-11-12-19)13-10-17-6-4-14-32-28(17)38/h3,8-9,15,17-20,23,26,34H,2,4-7,10-14,16H2,1H3,(H,32,38)(H,33,40)(H,35,39)/t17-,18-,20-,23-,26-/m0/s1. The van der Waals surface area contributed by atoms with Crippen LogP contribution in [0.25, 0.3) is 10.9 Å². The number of fused-ring (bicyclic) bond motifs is 2. The number of nitrogens with one attached hydrogen (secondary N) is 4. The lowest BCUT2D eigenvalue weighted by Gasteiger charge is -2.29. The first-order valence-corrected chi connectivity index (χ1v) is 15.2. The number of rotatable bonds is 10. The van der Waals surface area contributed by atoms with Crippen molar-refractivity contribution in [2.45, 2.75) is 75.9 Å². The largest absolute Gasteiger partial charge is 0.496 e. The summed E-state index contributed by atoms with van der Waals surface area (Å²) in [5.41, 5.74) is 1.13. The summed E-state index contributed by atoms with van der Waals surface area (Å²) in [6.45, 7) is 1.09. The van der Waals surface area contributed by atoms with Crippen molar-refractivity contribution in [3.8, 4) is 5.75 Å². The number of Topliss-reactive ketones (excluding diaryl/α,β-unsaturated/α-hetero) is 1. The molecule has 11 heteroatoms. The summed E-state index contributed by atoms with van der Waals surface area (Å²) >= 11 is 0. The molecule has 1 aromatic carbocycles. The second-order valence-corrected chi connectivity index (χ2v) is 12.2. The van der Waals surface area contributed by atoms with Crippen molar-refractivity contribution in [3.63, 3.8) is 0 Å². The molecular formula is C31H39N5O6. The van der Waals surface area contributed by atoms with Crippen molar-refractivity contribution in [2.75, 3.05) is 20.2 Å². The zero-order chi connectivity index (χ0) is 29.4. The van der Waals surface area contributed by atoms with E-state index in [0.717, 1.165) is 49.4 Å². The highest BCUT2D eigenvalue weighted by Crippen LogP contribution is 2.43. The number of ether oxygens (including phenoxy) is 1. The van der Waals surface area contributed by atoms with Gasteiger partial charge in [-0.3, -0.25) is 24.0 Å². The lowest BCUT2D eigenvalue weighted by molar-refractivity contribution is -0.140. The Labute approximate surface area is 244 Å². The number of likely N-dealkylation sites (tertiary alicyclic amines) is 1. The van der Waals surface area contributed by atoms with Gasteiger partial charge in [-0.15, -0.1) is 0 Å². The third-order valence-electron chi connectivity index (χ3n) is 9.47. The maximum Gasteiger partial charge on any atom is 0.289 e. The first kappa shape index (κ1) is 28.2. The molecule has 5 atom stereocenters. The lowest BCUT2D eigenvalue weighted by atomic mass is 9.90. The SMILES string of the molecule is COc1cccc2[nH]c(C(=O)N3C[C@@H]4CCC[C@@H]4[C@H]3C(=O)N[C@@H](CC[C@@H]3CCCNC3=O)C(=O)C(=O)NC3CC3)cc12. The molecule has 224 valence electrons. The van der Waals surface area contributed by atoms with E-state index in [-0.39, 0.29) is 42.0 Å². The fourth-order valence-electron chi connectivity index (χ4n) is 7.07. The van der Waals surface area contributed by atoms with Crippen molar-refractivity contribution in [2.24, 2.45) is 17.8 Å². The zero-order valence-electron chi connectivity index (χ0n) is 23.9. The van der Waals surface area contributed by atoms with Gasteiger partial charge in [0.15, 0.2) is 0 Å². The Balaban J connectivity index is 1.22. The van der Waals surface area contributed by atoms with E-state index in [4.69, 9.17) is 4.74 Å². The van der Waals surface area contributed by atoms with Crippen molar-refractivity contribution >= 4 is 40.3 Å². The molecule has 2 aromatic rings. The molecule has 6 rings (SSSR count). The van der Waals surface area contributed by atoms with E-state index in [9.17, 15) is 24.0 Å². The molecule has 42 heavy (non-hydrogen) atoms. The number of piperidine rings is 1. The molecule has 4 amide bonds. The smallest absolute Gasteiger partial charge is 0.289 e. The topological polar surface area (TPSA) is 150 Å². The minimum Gasteiger partial charge on any atom is -0.496 e.